The van der Waals surface area contributed by atoms with Crippen LogP contribution in [0.1, 0.15) is 53.7 Å². The summed E-state index contributed by atoms with van der Waals surface area (Å²) in [5, 5.41) is 3.03. The quantitative estimate of drug-likeness (QED) is 0.459. The number of aromatic nitrogens is 1. The molecule has 0 fully saturated rings. The second-order valence-corrected chi connectivity index (χ2v) is 8.84. The zero-order valence-corrected chi connectivity index (χ0v) is 18.0. The van der Waals surface area contributed by atoms with Crippen LogP contribution in [0.4, 0.5) is 0 Å². The molecule has 0 unspecified atom stereocenters. The normalized spacial score (nSPS) is 11.7. The first kappa shape index (κ1) is 20.0. The summed E-state index contributed by atoms with van der Waals surface area (Å²) in [7, 11) is 0. The minimum Gasteiger partial charge on any atom is -0.460 e. The number of carbonyl (C=O) groups excluding carboxylic acids is 1. The molecule has 1 amide bonds. The van der Waals surface area contributed by atoms with Crippen molar-refractivity contribution in [3.05, 3.63) is 94.9 Å². The number of carbonyl (C=O) groups is 1. The van der Waals surface area contributed by atoms with Gasteiger partial charge in [0.05, 0.1) is 5.52 Å². The standard InChI is InChI=1S/C26H28N2O2/c1-18-14-22-24(30-18)15-23(25(29)27-16-19-8-6-5-7-9-19)28(22)17-20-10-12-21(13-11-20)26(2,3)4/h5-15H,16-17H2,1-4H3,(H,27,29). The van der Waals surface area contributed by atoms with E-state index in [2.05, 4.69) is 50.4 Å². The highest BCUT2D eigenvalue weighted by Crippen LogP contribution is 2.26. The van der Waals surface area contributed by atoms with E-state index in [0.29, 0.717) is 18.8 Å². The van der Waals surface area contributed by atoms with E-state index in [1.807, 2.05) is 54.0 Å². The molecule has 2 aromatic heterocycles. The number of nitrogens with zero attached hydrogens (tertiary/aromatic N) is 1. The highest BCUT2D eigenvalue weighted by atomic mass is 16.3. The molecule has 4 aromatic rings. The van der Waals surface area contributed by atoms with E-state index < -0.39 is 0 Å². The molecular weight excluding hydrogens is 372 g/mol. The molecule has 0 aliphatic carbocycles. The van der Waals surface area contributed by atoms with Gasteiger partial charge in [0, 0.05) is 25.2 Å². The molecule has 0 aliphatic rings. The Morgan fingerprint density at radius 3 is 2.33 bits per heavy atom. The van der Waals surface area contributed by atoms with Crippen molar-refractivity contribution >= 4 is 17.0 Å². The molecule has 154 valence electrons. The molecule has 4 rings (SSSR count). The first-order chi connectivity index (χ1) is 14.3. The lowest BCUT2D eigenvalue weighted by Crippen LogP contribution is -2.25. The lowest BCUT2D eigenvalue weighted by atomic mass is 9.87. The number of amides is 1. The topological polar surface area (TPSA) is 47.2 Å². The zero-order chi connectivity index (χ0) is 21.3. The van der Waals surface area contributed by atoms with E-state index in [1.165, 1.54) is 5.56 Å². The summed E-state index contributed by atoms with van der Waals surface area (Å²) < 4.78 is 7.84. The molecule has 0 radical (unpaired) electrons. The molecule has 2 heterocycles. The van der Waals surface area contributed by atoms with E-state index in [0.717, 1.165) is 28.0 Å². The summed E-state index contributed by atoms with van der Waals surface area (Å²) in [4.78, 5) is 13.0. The Kier molecular flexibility index (Phi) is 5.25. The number of benzene rings is 2. The lowest BCUT2D eigenvalue weighted by Gasteiger charge is -2.19. The largest absolute Gasteiger partial charge is 0.460 e. The predicted molar refractivity (Wildman–Crippen MR) is 121 cm³/mol. The van der Waals surface area contributed by atoms with Crippen LogP contribution in [0.2, 0.25) is 0 Å². The molecule has 4 nitrogen and oxygen atoms in total. The van der Waals surface area contributed by atoms with E-state index in [1.54, 1.807) is 0 Å². The molecule has 4 heteroatoms. The van der Waals surface area contributed by atoms with Gasteiger partial charge in [0.1, 0.15) is 11.5 Å². The third-order valence-corrected chi connectivity index (χ3v) is 5.40. The van der Waals surface area contributed by atoms with Crippen LogP contribution in [0.15, 0.2) is 71.1 Å². The Hall–Kier alpha value is -3.27. The Balaban J connectivity index is 1.62. The predicted octanol–water partition coefficient (Wildman–Crippen LogP) is 5.82. The second kappa shape index (κ2) is 7.86. The summed E-state index contributed by atoms with van der Waals surface area (Å²) in [6, 6.07) is 22.4. The first-order valence-corrected chi connectivity index (χ1v) is 10.3. The summed E-state index contributed by atoms with van der Waals surface area (Å²) in [5.74, 6) is 0.738. The van der Waals surface area contributed by atoms with Gasteiger partial charge in [-0.15, -0.1) is 0 Å². The fourth-order valence-corrected chi connectivity index (χ4v) is 3.69. The van der Waals surface area contributed by atoms with E-state index >= 15 is 0 Å². The SMILES string of the molecule is Cc1cc2c(cc(C(=O)NCc3ccccc3)n2Cc2ccc(C(C)(C)C)cc2)o1. The van der Waals surface area contributed by atoms with Crippen LogP contribution in [0.25, 0.3) is 11.1 Å². The maximum absolute atomic E-state index is 13.0. The van der Waals surface area contributed by atoms with Crippen LogP contribution in [-0.2, 0) is 18.5 Å². The van der Waals surface area contributed by atoms with Crippen molar-refractivity contribution in [3.8, 4) is 0 Å². The van der Waals surface area contributed by atoms with Gasteiger partial charge in [0.2, 0.25) is 0 Å². The Morgan fingerprint density at radius 1 is 0.967 bits per heavy atom. The van der Waals surface area contributed by atoms with Crippen molar-refractivity contribution < 1.29 is 9.21 Å². The van der Waals surface area contributed by atoms with Gasteiger partial charge in [-0.3, -0.25) is 4.79 Å². The third kappa shape index (κ3) is 4.18. The molecule has 0 spiro atoms. The number of aryl methyl sites for hydroxylation is 1. The molecular formula is C26H28N2O2. The van der Waals surface area contributed by atoms with E-state index in [4.69, 9.17) is 4.42 Å². The fraction of sp³-hybridized carbons (Fsp3) is 0.269. The van der Waals surface area contributed by atoms with E-state index in [-0.39, 0.29) is 11.3 Å². The van der Waals surface area contributed by atoms with Gasteiger partial charge in [-0.1, -0.05) is 75.4 Å². The number of fused-ring (bicyclic) bond motifs is 1. The smallest absolute Gasteiger partial charge is 0.268 e. The Bertz CT molecular complexity index is 1160. The van der Waals surface area contributed by atoms with Gasteiger partial charge in [0.15, 0.2) is 5.58 Å². The van der Waals surface area contributed by atoms with Crippen LogP contribution in [0.3, 0.4) is 0 Å². The maximum Gasteiger partial charge on any atom is 0.268 e. The van der Waals surface area contributed by atoms with Gasteiger partial charge in [0.25, 0.3) is 5.91 Å². The number of nitrogens with one attached hydrogen (secondary N) is 1. The summed E-state index contributed by atoms with van der Waals surface area (Å²) in [6.45, 7) is 9.66. The maximum atomic E-state index is 13.0. The van der Waals surface area contributed by atoms with Gasteiger partial charge in [-0.2, -0.15) is 0 Å². The summed E-state index contributed by atoms with van der Waals surface area (Å²) >= 11 is 0. The van der Waals surface area contributed by atoms with Crippen molar-refractivity contribution in [1.29, 1.82) is 0 Å². The number of hydrogen-bond acceptors (Lipinski definition) is 2. The van der Waals surface area contributed by atoms with Gasteiger partial charge < -0.3 is 14.3 Å². The molecule has 0 bridgehead atoms. The van der Waals surface area contributed by atoms with Gasteiger partial charge in [-0.25, -0.2) is 0 Å². The van der Waals surface area contributed by atoms with Crippen molar-refractivity contribution in [2.75, 3.05) is 0 Å². The molecule has 2 aromatic carbocycles. The number of rotatable bonds is 5. The van der Waals surface area contributed by atoms with E-state index in [9.17, 15) is 4.79 Å². The summed E-state index contributed by atoms with van der Waals surface area (Å²) in [5.41, 5.74) is 5.92. The number of hydrogen-bond donors (Lipinski definition) is 1. The molecule has 0 atom stereocenters. The van der Waals surface area contributed by atoms with Crippen LogP contribution in [0, 0.1) is 6.92 Å². The van der Waals surface area contributed by atoms with Crippen LogP contribution >= 0.6 is 0 Å². The lowest BCUT2D eigenvalue weighted by molar-refractivity contribution is 0.0942. The minimum absolute atomic E-state index is 0.103. The number of furan rings is 1. The zero-order valence-electron chi connectivity index (χ0n) is 18.0. The van der Waals surface area contributed by atoms with Crippen molar-refractivity contribution in [3.63, 3.8) is 0 Å². The average molecular weight is 401 g/mol. The van der Waals surface area contributed by atoms with Gasteiger partial charge in [-0.05, 0) is 29.0 Å². The minimum atomic E-state index is -0.103. The first-order valence-electron chi connectivity index (χ1n) is 10.3. The van der Waals surface area contributed by atoms with Crippen molar-refractivity contribution in [2.24, 2.45) is 0 Å². The molecule has 30 heavy (non-hydrogen) atoms. The highest BCUT2D eigenvalue weighted by Gasteiger charge is 2.19. The van der Waals surface area contributed by atoms with Crippen LogP contribution in [-0.4, -0.2) is 10.5 Å². The summed E-state index contributed by atoms with van der Waals surface area (Å²) in [6.07, 6.45) is 0. The highest BCUT2D eigenvalue weighted by molar-refractivity contribution is 5.97. The van der Waals surface area contributed by atoms with Crippen molar-refractivity contribution in [1.82, 2.24) is 9.88 Å². The monoisotopic (exact) mass is 400 g/mol. The average Bonchev–Trinajstić information content (AvgIpc) is 3.24. The molecule has 0 saturated carbocycles. The van der Waals surface area contributed by atoms with Crippen LogP contribution < -0.4 is 5.32 Å². The molecule has 1 N–H and O–H groups in total. The van der Waals surface area contributed by atoms with Crippen molar-refractivity contribution in [2.45, 2.75) is 46.2 Å². The second-order valence-electron chi connectivity index (χ2n) is 8.84. The molecule has 0 aliphatic heterocycles. The van der Waals surface area contributed by atoms with Gasteiger partial charge >= 0.3 is 0 Å². The Morgan fingerprint density at radius 2 is 1.67 bits per heavy atom. The fourth-order valence-electron chi connectivity index (χ4n) is 3.69. The third-order valence-electron chi connectivity index (χ3n) is 5.40. The molecule has 0 saturated heterocycles. The van der Waals surface area contributed by atoms with Crippen LogP contribution in [0.5, 0.6) is 0 Å². The Labute approximate surface area is 177 Å².